The number of hydrogen-bond donors (Lipinski definition) is 0. The summed E-state index contributed by atoms with van der Waals surface area (Å²) in [5.41, 5.74) is 1.22. The van der Waals surface area contributed by atoms with Gasteiger partial charge in [-0.05, 0) is 42.3 Å². The van der Waals surface area contributed by atoms with Crippen LogP contribution in [-0.2, 0) is 0 Å². The fourth-order valence-electron chi connectivity index (χ4n) is 2.22. The smallest absolute Gasteiger partial charge is 0.0653 e. The number of rotatable bonds is 5. The van der Waals surface area contributed by atoms with E-state index in [1.165, 1.54) is 25.0 Å². The van der Waals surface area contributed by atoms with E-state index in [1.54, 1.807) is 0 Å². The van der Waals surface area contributed by atoms with Crippen LogP contribution in [0.5, 0.6) is 0 Å². The van der Waals surface area contributed by atoms with E-state index in [2.05, 4.69) is 39.6 Å². The van der Waals surface area contributed by atoms with Crippen molar-refractivity contribution in [3.8, 4) is 0 Å². The number of piperidine rings is 1. The molecule has 1 aliphatic heterocycles. The molecule has 92 valence electrons. The van der Waals surface area contributed by atoms with Crippen LogP contribution in [0.1, 0.15) is 26.2 Å². The molecule has 0 bridgehead atoms. The van der Waals surface area contributed by atoms with Crippen molar-refractivity contribution in [1.29, 1.82) is 0 Å². The van der Waals surface area contributed by atoms with Crippen LogP contribution in [0.15, 0.2) is 35.0 Å². The van der Waals surface area contributed by atoms with Crippen LogP contribution in [0.4, 0.5) is 0 Å². The van der Waals surface area contributed by atoms with Crippen molar-refractivity contribution in [2.24, 2.45) is 5.92 Å². The molecule has 1 fully saturated rings. The summed E-state index contributed by atoms with van der Waals surface area (Å²) < 4.78 is 1.13. The molecule has 3 heteroatoms. The van der Waals surface area contributed by atoms with Gasteiger partial charge in [0.05, 0.1) is 7.85 Å². The molecule has 1 rings (SSSR count). The van der Waals surface area contributed by atoms with Crippen LogP contribution in [0.3, 0.4) is 0 Å². The maximum atomic E-state index is 5.61. The second kappa shape index (κ2) is 7.81. The van der Waals surface area contributed by atoms with Gasteiger partial charge < -0.3 is 4.90 Å². The zero-order valence-electron chi connectivity index (χ0n) is 10.7. The van der Waals surface area contributed by atoms with Gasteiger partial charge in [-0.1, -0.05) is 41.3 Å². The van der Waals surface area contributed by atoms with E-state index in [9.17, 15) is 0 Å². The molecule has 0 saturated carbocycles. The summed E-state index contributed by atoms with van der Waals surface area (Å²) in [4.78, 5) is 2.41. The average Bonchev–Trinajstić information content (AvgIpc) is 2.32. The largest absolute Gasteiger partial charge is 0.372 e. The summed E-state index contributed by atoms with van der Waals surface area (Å²) in [6, 6.07) is 0. The fourth-order valence-corrected chi connectivity index (χ4v) is 2.35. The Kier molecular flexibility index (Phi) is 6.72. The molecule has 0 amide bonds. The highest BCUT2D eigenvalue weighted by molar-refractivity contribution is 9.11. The minimum atomic E-state index is 0.816. The lowest BCUT2D eigenvalue weighted by Crippen LogP contribution is -2.32. The molecule has 0 aromatic rings. The van der Waals surface area contributed by atoms with E-state index in [4.69, 9.17) is 7.85 Å². The minimum Gasteiger partial charge on any atom is -0.372 e. The van der Waals surface area contributed by atoms with Gasteiger partial charge in [-0.25, -0.2) is 0 Å². The molecule has 1 nitrogen and oxygen atoms in total. The van der Waals surface area contributed by atoms with Gasteiger partial charge in [0.1, 0.15) is 0 Å². The van der Waals surface area contributed by atoms with E-state index in [1.807, 2.05) is 13.0 Å². The molecule has 0 aromatic carbocycles. The molecule has 0 atom stereocenters. The van der Waals surface area contributed by atoms with Crippen LogP contribution in [0.25, 0.3) is 0 Å². The van der Waals surface area contributed by atoms with Crippen molar-refractivity contribution < 1.29 is 0 Å². The Morgan fingerprint density at radius 2 is 2.06 bits per heavy atom. The first-order valence-corrected chi connectivity index (χ1v) is 7.08. The Morgan fingerprint density at radius 1 is 1.41 bits per heavy atom. The first-order chi connectivity index (χ1) is 8.17. The minimum absolute atomic E-state index is 0.816. The summed E-state index contributed by atoms with van der Waals surface area (Å²) in [5, 5.41) is 0. The van der Waals surface area contributed by atoms with Gasteiger partial charge in [-0.15, -0.1) is 0 Å². The van der Waals surface area contributed by atoms with Gasteiger partial charge in [0.15, 0.2) is 0 Å². The Labute approximate surface area is 115 Å². The average molecular weight is 294 g/mol. The van der Waals surface area contributed by atoms with Crippen LogP contribution < -0.4 is 0 Å². The van der Waals surface area contributed by atoms with Crippen molar-refractivity contribution in [2.75, 3.05) is 13.1 Å². The van der Waals surface area contributed by atoms with Gasteiger partial charge in [0.2, 0.25) is 0 Å². The zero-order valence-corrected chi connectivity index (χ0v) is 12.2. The normalized spacial score (nSPS) is 19.5. The predicted molar refractivity (Wildman–Crippen MR) is 80.4 cm³/mol. The molecule has 1 saturated heterocycles. The summed E-state index contributed by atoms with van der Waals surface area (Å²) in [6.45, 7) is 8.17. The summed E-state index contributed by atoms with van der Waals surface area (Å²) in [5.74, 6) is 0.816. The molecule has 0 aromatic heterocycles. The van der Waals surface area contributed by atoms with Crippen LogP contribution in [0.2, 0.25) is 6.32 Å². The summed E-state index contributed by atoms with van der Waals surface area (Å²) in [7, 11) is 5.61. The van der Waals surface area contributed by atoms with Crippen molar-refractivity contribution in [3.63, 3.8) is 0 Å². The molecule has 1 aliphatic rings. The van der Waals surface area contributed by atoms with Crippen molar-refractivity contribution in [3.05, 3.63) is 35.0 Å². The van der Waals surface area contributed by atoms with E-state index >= 15 is 0 Å². The van der Waals surface area contributed by atoms with Crippen LogP contribution in [0, 0.1) is 5.92 Å². The second-order valence-corrected chi connectivity index (χ2v) is 5.81. The number of likely N-dealkylation sites (tertiary alicyclic amines) is 1. The van der Waals surface area contributed by atoms with Crippen molar-refractivity contribution in [1.82, 2.24) is 4.90 Å². The number of hydrogen-bond acceptors (Lipinski definition) is 1. The Morgan fingerprint density at radius 3 is 2.53 bits per heavy atom. The fraction of sp³-hybridized carbons (Fsp3) is 0.571. The zero-order chi connectivity index (χ0) is 12.7. The molecule has 2 radical (unpaired) electrons. The number of halogens is 1. The summed E-state index contributed by atoms with van der Waals surface area (Å²) in [6.07, 6.45) is 10.6. The molecule has 0 unspecified atom stereocenters. The number of allylic oxidation sites excluding steroid dienone is 4. The molecule has 17 heavy (non-hydrogen) atoms. The third kappa shape index (κ3) is 5.16. The lowest BCUT2D eigenvalue weighted by atomic mass is 9.87. The van der Waals surface area contributed by atoms with Crippen LogP contribution in [-0.4, -0.2) is 25.8 Å². The maximum Gasteiger partial charge on any atom is 0.0653 e. The lowest BCUT2D eigenvalue weighted by Gasteiger charge is -2.34. The topological polar surface area (TPSA) is 3.24 Å². The Balaban J connectivity index is 2.53. The van der Waals surface area contributed by atoms with Crippen LogP contribution >= 0.6 is 15.9 Å². The van der Waals surface area contributed by atoms with E-state index in [-0.39, 0.29) is 0 Å². The van der Waals surface area contributed by atoms with E-state index < -0.39 is 0 Å². The van der Waals surface area contributed by atoms with Gasteiger partial charge in [0.25, 0.3) is 0 Å². The number of nitrogens with zero attached hydrogens (tertiary/aromatic N) is 1. The SMILES string of the molecule is [B]CCC1CCN(/C(C=C)=C/C=C(\C)Br)CC1. The second-order valence-electron chi connectivity index (χ2n) is 4.56. The lowest BCUT2D eigenvalue weighted by molar-refractivity contribution is 0.228. The third-order valence-electron chi connectivity index (χ3n) is 3.25. The molecule has 1 heterocycles. The highest BCUT2D eigenvalue weighted by atomic mass is 79.9. The van der Waals surface area contributed by atoms with Crippen molar-refractivity contribution >= 4 is 23.8 Å². The molecule has 0 aliphatic carbocycles. The molecule has 0 spiro atoms. The first-order valence-electron chi connectivity index (χ1n) is 6.29. The van der Waals surface area contributed by atoms with E-state index in [0.29, 0.717) is 0 Å². The highest BCUT2D eigenvalue weighted by Crippen LogP contribution is 2.24. The van der Waals surface area contributed by atoms with Gasteiger partial charge in [0, 0.05) is 18.8 Å². The first kappa shape index (κ1) is 14.6. The monoisotopic (exact) mass is 293 g/mol. The quantitative estimate of drug-likeness (QED) is 0.546. The standard InChI is InChI=1S/C14H21BBrN/c1-3-14(5-4-12(2)16)17-10-7-13(6-9-15)8-11-17/h3-5,13H,1,6-11H2,2H3/b12-4+,14-5+. The van der Waals surface area contributed by atoms with Gasteiger partial charge in [-0.3, -0.25) is 0 Å². The predicted octanol–water partition coefficient (Wildman–Crippen LogP) is 4.04. The Bertz CT molecular complexity index is 297. The summed E-state index contributed by atoms with van der Waals surface area (Å²) >= 11 is 3.44. The Hall–Kier alpha value is -0.435. The van der Waals surface area contributed by atoms with E-state index in [0.717, 1.165) is 29.8 Å². The maximum absolute atomic E-state index is 5.61. The van der Waals surface area contributed by atoms with Gasteiger partial charge in [-0.2, -0.15) is 0 Å². The molecular formula is C14H21BBrN. The molecule has 0 N–H and O–H groups in total. The third-order valence-corrected chi connectivity index (χ3v) is 3.51. The van der Waals surface area contributed by atoms with Gasteiger partial charge >= 0.3 is 0 Å². The van der Waals surface area contributed by atoms with Crippen molar-refractivity contribution in [2.45, 2.75) is 32.5 Å². The highest BCUT2D eigenvalue weighted by Gasteiger charge is 2.18. The molecular weight excluding hydrogens is 273 g/mol.